The molecule has 0 bridgehead atoms. The molecular weight excluding hydrogens is 163 g/mol. The van der Waals surface area contributed by atoms with Crippen LogP contribution in [0.15, 0.2) is 24.8 Å². The third kappa shape index (κ3) is 98.4. The highest BCUT2D eigenvalue weighted by Crippen LogP contribution is 1.60. The summed E-state index contributed by atoms with van der Waals surface area (Å²) in [5.41, 5.74) is 1.22. The quantitative estimate of drug-likeness (QED) is 0.613. The van der Waals surface area contributed by atoms with Crippen LogP contribution in [0.1, 0.15) is 0 Å². The average molecular weight is 171 g/mol. The minimum atomic E-state index is -0.981. The zero-order valence-electron chi connectivity index (χ0n) is 4.71. The molecule has 0 saturated carbocycles. The maximum atomic E-state index is 9.25. The van der Waals surface area contributed by atoms with Crippen molar-refractivity contribution in [1.29, 1.82) is 0 Å². The van der Waals surface area contributed by atoms with E-state index in [1.54, 1.807) is 0 Å². The van der Waals surface area contributed by atoms with Gasteiger partial charge in [-0.15, -0.1) is 12.4 Å². The molecule has 0 aliphatic carbocycles. The van der Waals surface area contributed by atoms with Gasteiger partial charge < -0.3 is 5.11 Å². The van der Waals surface area contributed by atoms with Gasteiger partial charge in [0.1, 0.15) is 0 Å². The number of halogens is 2. The zero-order valence-corrected chi connectivity index (χ0v) is 6.28. The molecule has 0 aromatic rings. The van der Waals surface area contributed by atoms with Gasteiger partial charge in [0.05, 0.1) is 0 Å². The SMILES string of the molecule is C=CC(=O)O.C=CCl.Cl. The molecule has 0 aliphatic heterocycles. The predicted octanol–water partition coefficient (Wildman–Crippen LogP) is 2.05. The highest BCUT2D eigenvalue weighted by Gasteiger charge is 1.73. The third-order valence-corrected chi connectivity index (χ3v) is 0.175. The van der Waals surface area contributed by atoms with Crippen molar-refractivity contribution >= 4 is 30.0 Å². The third-order valence-electron chi connectivity index (χ3n) is 0.175. The van der Waals surface area contributed by atoms with Gasteiger partial charge in [0.2, 0.25) is 0 Å². The molecule has 0 heterocycles. The first-order valence-corrected chi connectivity index (χ1v) is 2.19. The second-order valence-corrected chi connectivity index (χ2v) is 1.01. The lowest BCUT2D eigenvalue weighted by atomic mass is 10.7. The molecule has 0 amide bonds. The van der Waals surface area contributed by atoms with Crippen LogP contribution in [0.25, 0.3) is 0 Å². The number of carboxylic acid groups (broad SMARTS) is 1. The van der Waals surface area contributed by atoms with Gasteiger partial charge in [-0.2, -0.15) is 0 Å². The molecule has 0 radical (unpaired) electrons. The number of hydrogen-bond acceptors (Lipinski definition) is 1. The highest BCUT2D eigenvalue weighted by molar-refractivity contribution is 6.25. The van der Waals surface area contributed by atoms with Crippen molar-refractivity contribution in [3.05, 3.63) is 24.8 Å². The fourth-order valence-corrected chi connectivity index (χ4v) is 0. The number of aliphatic carboxylic acids is 1. The first kappa shape index (κ1) is 15.8. The molecule has 2 nitrogen and oxygen atoms in total. The summed E-state index contributed by atoms with van der Waals surface area (Å²) in [4.78, 5) is 9.25. The lowest BCUT2D eigenvalue weighted by Crippen LogP contribution is -1.82. The zero-order chi connectivity index (χ0) is 6.99. The van der Waals surface area contributed by atoms with Gasteiger partial charge in [0.25, 0.3) is 0 Å². The monoisotopic (exact) mass is 170 g/mol. The lowest BCUT2D eigenvalue weighted by molar-refractivity contribution is -0.131. The van der Waals surface area contributed by atoms with Gasteiger partial charge in [-0.3, -0.25) is 0 Å². The summed E-state index contributed by atoms with van der Waals surface area (Å²) in [7, 11) is 0. The Morgan fingerprint density at radius 3 is 1.67 bits per heavy atom. The van der Waals surface area contributed by atoms with Crippen LogP contribution in [0.5, 0.6) is 0 Å². The number of carboxylic acids is 1. The van der Waals surface area contributed by atoms with Crippen molar-refractivity contribution in [3.8, 4) is 0 Å². The molecule has 0 atom stereocenters. The molecule has 0 aromatic heterocycles. The first-order chi connectivity index (χ1) is 3.68. The van der Waals surface area contributed by atoms with Crippen LogP contribution in [-0.4, -0.2) is 11.1 Å². The Hall–Kier alpha value is -0.470. The summed E-state index contributed by atoms with van der Waals surface area (Å²) >= 11 is 4.76. The normalized spacial score (nSPS) is 5.00. The Balaban J connectivity index is -0.0000000800. The van der Waals surface area contributed by atoms with Gasteiger partial charge in [-0.05, 0) is 5.54 Å². The minimum absolute atomic E-state index is 0. The average Bonchev–Trinajstić information content (AvgIpc) is 1.69. The van der Waals surface area contributed by atoms with Crippen molar-refractivity contribution in [2.45, 2.75) is 0 Å². The Morgan fingerprint density at radius 2 is 1.67 bits per heavy atom. The van der Waals surface area contributed by atoms with E-state index in [0.29, 0.717) is 0 Å². The lowest BCUT2D eigenvalue weighted by Gasteiger charge is -1.64. The van der Waals surface area contributed by atoms with E-state index in [1.165, 1.54) is 5.54 Å². The largest absolute Gasteiger partial charge is 0.478 e. The van der Waals surface area contributed by atoms with Crippen molar-refractivity contribution < 1.29 is 9.90 Å². The summed E-state index contributed by atoms with van der Waals surface area (Å²) in [5, 5.41) is 7.60. The highest BCUT2D eigenvalue weighted by atomic mass is 35.5. The molecule has 0 spiro atoms. The van der Waals surface area contributed by atoms with Gasteiger partial charge in [0.15, 0.2) is 0 Å². The van der Waals surface area contributed by atoms with Gasteiger partial charge in [0, 0.05) is 6.08 Å². The van der Waals surface area contributed by atoms with Crippen LogP contribution in [-0.2, 0) is 4.79 Å². The van der Waals surface area contributed by atoms with E-state index in [9.17, 15) is 4.79 Å². The maximum Gasteiger partial charge on any atom is 0.327 e. The summed E-state index contributed by atoms with van der Waals surface area (Å²) < 4.78 is 0. The van der Waals surface area contributed by atoms with E-state index in [1.807, 2.05) is 0 Å². The van der Waals surface area contributed by atoms with E-state index in [-0.39, 0.29) is 12.4 Å². The molecule has 0 aromatic carbocycles. The molecule has 0 fully saturated rings. The topological polar surface area (TPSA) is 37.3 Å². The number of hydrogen-bond donors (Lipinski definition) is 1. The Morgan fingerprint density at radius 1 is 1.56 bits per heavy atom. The summed E-state index contributed by atoms with van der Waals surface area (Å²) in [6.45, 7) is 6.09. The van der Waals surface area contributed by atoms with Crippen molar-refractivity contribution in [2.75, 3.05) is 0 Å². The summed E-state index contributed by atoms with van der Waals surface area (Å²) in [5.74, 6) is -0.981. The maximum absolute atomic E-state index is 9.25. The Labute approximate surface area is 65.2 Å². The molecule has 0 rings (SSSR count). The van der Waals surface area contributed by atoms with Gasteiger partial charge >= 0.3 is 5.97 Å². The molecule has 0 saturated heterocycles. The molecule has 1 N–H and O–H groups in total. The first-order valence-electron chi connectivity index (χ1n) is 1.75. The van der Waals surface area contributed by atoms with Crippen LogP contribution in [0.3, 0.4) is 0 Å². The van der Waals surface area contributed by atoms with Crippen molar-refractivity contribution in [3.63, 3.8) is 0 Å². The molecule has 0 unspecified atom stereocenters. The second-order valence-electron chi connectivity index (χ2n) is 0.697. The number of carbonyl (C=O) groups is 1. The standard InChI is InChI=1S/C3H4O2.C2H3Cl.ClH/c1-2-3(4)5;1-2-3;/h2H,1H2,(H,4,5);2H,1H2;1H. The van der Waals surface area contributed by atoms with E-state index < -0.39 is 5.97 Å². The van der Waals surface area contributed by atoms with E-state index in [0.717, 1.165) is 6.08 Å². The van der Waals surface area contributed by atoms with Crippen LogP contribution in [0.4, 0.5) is 0 Å². The van der Waals surface area contributed by atoms with E-state index in [4.69, 9.17) is 16.7 Å². The summed E-state index contributed by atoms with van der Waals surface area (Å²) in [6, 6.07) is 0. The fraction of sp³-hybridized carbons (Fsp3) is 0. The van der Waals surface area contributed by atoms with Crippen LogP contribution in [0.2, 0.25) is 0 Å². The van der Waals surface area contributed by atoms with Crippen LogP contribution in [0, 0.1) is 0 Å². The Bertz CT molecular complexity index is 91.0. The minimum Gasteiger partial charge on any atom is -0.478 e. The molecular formula is C5H8Cl2O2. The Kier molecular flexibility index (Phi) is 27.5. The van der Waals surface area contributed by atoms with Crippen LogP contribution >= 0.6 is 24.0 Å². The molecule has 54 valence electrons. The molecule has 0 aliphatic rings. The van der Waals surface area contributed by atoms with Crippen molar-refractivity contribution in [1.82, 2.24) is 0 Å². The second kappa shape index (κ2) is 15.6. The van der Waals surface area contributed by atoms with Gasteiger partial charge in [-0.25, -0.2) is 4.79 Å². The van der Waals surface area contributed by atoms with E-state index in [2.05, 4.69) is 13.2 Å². The van der Waals surface area contributed by atoms with Crippen molar-refractivity contribution in [2.24, 2.45) is 0 Å². The van der Waals surface area contributed by atoms with Crippen LogP contribution < -0.4 is 0 Å². The molecule has 9 heavy (non-hydrogen) atoms. The smallest absolute Gasteiger partial charge is 0.327 e. The summed E-state index contributed by atoms with van der Waals surface area (Å²) in [6.07, 6.45) is 0.833. The fourth-order valence-electron chi connectivity index (χ4n) is 0. The predicted molar refractivity (Wildman–Crippen MR) is 41.1 cm³/mol. The number of rotatable bonds is 1. The molecule has 4 heteroatoms. The van der Waals surface area contributed by atoms with E-state index >= 15 is 0 Å². The van der Waals surface area contributed by atoms with Gasteiger partial charge in [-0.1, -0.05) is 24.8 Å².